The summed E-state index contributed by atoms with van der Waals surface area (Å²) in [5.74, 6) is 0.635. The van der Waals surface area contributed by atoms with E-state index in [1.54, 1.807) is 42.7 Å². The number of carbonyl (C=O) groups is 1. The van der Waals surface area contributed by atoms with Gasteiger partial charge < -0.3 is 14.2 Å². The molecule has 0 radical (unpaired) electrons. The smallest absolute Gasteiger partial charge is 0.341 e. The van der Waals surface area contributed by atoms with E-state index < -0.39 is 11.5 Å². The van der Waals surface area contributed by atoms with E-state index in [1.807, 2.05) is 6.07 Å². The second-order valence-electron chi connectivity index (χ2n) is 5.92. The van der Waals surface area contributed by atoms with Crippen LogP contribution in [-0.4, -0.2) is 23.4 Å². The van der Waals surface area contributed by atoms with Crippen molar-refractivity contribution in [2.75, 3.05) is 13.0 Å². The first kappa shape index (κ1) is 17.9. The predicted octanol–water partition coefficient (Wildman–Crippen LogP) is 2.98. The maximum absolute atomic E-state index is 12.9. The lowest BCUT2D eigenvalue weighted by molar-refractivity contribution is 0.0470. The number of hydrogen-bond donors (Lipinski definition) is 0. The molecule has 0 bridgehead atoms. The lowest BCUT2D eigenvalue weighted by Gasteiger charge is -2.13. The molecule has 2 aromatic heterocycles. The number of rotatable bonds is 4. The van der Waals surface area contributed by atoms with Crippen LogP contribution in [0, 0.1) is 11.3 Å². The molecular formula is C20H14N2O5S. The second kappa shape index (κ2) is 7.29. The fraction of sp³-hybridized carbons (Fsp3) is 0.150. The standard InChI is InChI=1S/C20H14N2O5S/c1-28-18-13(9-21)19(23)22-7-3-2-4-14(22)17(18)20(24)25-10-12-5-6-15-16(8-12)27-11-26-15/h2-8H,10-11H2,1H3. The van der Waals surface area contributed by atoms with Crippen molar-refractivity contribution >= 4 is 23.2 Å². The van der Waals surface area contributed by atoms with E-state index in [0.29, 0.717) is 21.9 Å². The van der Waals surface area contributed by atoms with Gasteiger partial charge in [0, 0.05) is 11.1 Å². The molecule has 1 aliphatic heterocycles. The average Bonchev–Trinajstić information content (AvgIpc) is 3.19. The lowest BCUT2D eigenvalue weighted by atomic mass is 10.1. The zero-order chi connectivity index (χ0) is 19.7. The minimum atomic E-state index is -0.609. The number of carbonyl (C=O) groups excluding carboxylic acids is 1. The highest BCUT2D eigenvalue weighted by Gasteiger charge is 2.23. The van der Waals surface area contributed by atoms with Gasteiger partial charge in [0.15, 0.2) is 11.5 Å². The summed E-state index contributed by atoms with van der Waals surface area (Å²) in [6.07, 6.45) is 3.24. The summed E-state index contributed by atoms with van der Waals surface area (Å²) in [5, 5.41) is 9.44. The number of hydrogen-bond acceptors (Lipinski definition) is 7. The first-order valence-corrected chi connectivity index (χ1v) is 9.53. The number of fused-ring (bicyclic) bond motifs is 2. The van der Waals surface area contributed by atoms with Crippen LogP contribution in [0.1, 0.15) is 21.5 Å². The minimum absolute atomic E-state index is 0.0172. The van der Waals surface area contributed by atoms with Gasteiger partial charge in [-0.1, -0.05) is 12.1 Å². The fourth-order valence-corrected chi connectivity index (χ4v) is 3.76. The molecule has 8 heteroatoms. The van der Waals surface area contributed by atoms with E-state index in [-0.39, 0.29) is 24.5 Å². The van der Waals surface area contributed by atoms with Gasteiger partial charge in [0.2, 0.25) is 6.79 Å². The summed E-state index contributed by atoms with van der Waals surface area (Å²) >= 11 is 1.17. The van der Waals surface area contributed by atoms with Gasteiger partial charge in [0.25, 0.3) is 5.56 Å². The molecule has 0 amide bonds. The van der Waals surface area contributed by atoms with E-state index in [0.717, 1.165) is 5.56 Å². The van der Waals surface area contributed by atoms with Crippen molar-refractivity contribution in [2.24, 2.45) is 0 Å². The Bertz CT molecular complexity index is 1200. The monoisotopic (exact) mass is 394 g/mol. The highest BCUT2D eigenvalue weighted by atomic mass is 32.2. The van der Waals surface area contributed by atoms with E-state index in [2.05, 4.69) is 0 Å². The molecule has 3 aromatic rings. The summed E-state index contributed by atoms with van der Waals surface area (Å²) in [5.41, 5.74) is 0.791. The Hall–Kier alpha value is -3.44. The van der Waals surface area contributed by atoms with Crippen molar-refractivity contribution < 1.29 is 19.0 Å². The Kier molecular flexibility index (Phi) is 4.67. The van der Waals surface area contributed by atoms with Gasteiger partial charge in [0.05, 0.1) is 11.1 Å². The minimum Gasteiger partial charge on any atom is -0.457 e. The molecule has 0 aliphatic carbocycles. The normalized spacial score (nSPS) is 12.0. The van der Waals surface area contributed by atoms with E-state index in [4.69, 9.17) is 14.2 Å². The number of benzene rings is 1. The molecule has 4 rings (SSSR count). The number of esters is 1. The number of thioether (sulfide) groups is 1. The Morgan fingerprint density at radius 2 is 2.11 bits per heavy atom. The van der Waals surface area contributed by atoms with Crippen molar-refractivity contribution in [1.29, 1.82) is 5.26 Å². The molecule has 0 saturated heterocycles. The van der Waals surface area contributed by atoms with Crippen molar-refractivity contribution in [3.63, 3.8) is 0 Å². The van der Waals surface area contributed by atoms with Gasteiger partial charge in [0.1, 0.15) is 18.2 Å². The van der Waals surface area contributed by atoms with Crippen LogP contribution in [0.4, 0.5) is 0 Å². The van der Waals surface area contributed by atoms with E-state index >= 15 is 0 Å². The first-order chi connectivity index (χ1) is 13.6. The molecule has 0 spiro atoms. The predicted molar refractivity (Wildman–Crippen MR) is 102 cm³/mol. The summed E-state index contributed by atoms with van der Waals surface area (Å²) in [4.78, 5) is 25.8. The Balaban J connectivity index is 1.72. The van der Waals surface area contributed by atoms with Crippen LogP contribution in [0.5, 0.6) is 11.5 Å². The van der Waals surface area contributed by atoms with Crippen molar-refractivity contribution in [2.45, 2.75) is 11.5 Å². The van der Waals surface area contributed by atoms with Crippen LogP contribution in [0.15, 0.2) is 52.3 Å². The number of pyridine rings is 2. The first-order valence-electron chi connectivity index (χ1n) is 8.31. The second-order valence-corrected chi connectivity index (χ2v) is 6.74. The maximum atomic E-state index is 12.9. The van der Waals surface area contributed by atoms with Crippen LogP contribution in [0.3, 0.4) is 0 Å². The summed E-state index contributed by atoms with van der Waals surface area (Å²) in [6.45, 7) is 0.181. The number of ether oxygens (including phenoxy) is 3. The zero-order valence-electron chi connectivity index (χ0n) is 14.8. The average molecular weight is 394 g/mol. The van der Waals surface area contributed by atoms with Crippen molar-refractivity contribution in [3.05, 3.63) is 69.6 Å². The van der Waals surface area contributed by atoms with Crippen LogP contribution in [-0.2, 0) is 11.3 Å². The Morgan fingerprint density at radius 1 is 1.29 bits per heavy atom. The topological polar surface area (TPSA) is 90.0 Å². The van der Waals surface area contributed by atoms with Gasteiger partial charge in [-0.3, -0.25) is 9.20 Å². The number of nitrogens with zero attached hydrogens (tertiary/aromatic N) is 2. The fourth-order valence-electron chi connectivity index (χ4n) is 3.03. The van der Waals surface area contributed by atoms with E-state index in [1.165, 1.54) is 22.4 Å². The van der Waals surface area contributed by atoms with Gasteiger partial charge in [-0.2, -0.15) is 5.26 Å². The van der Waals surface area contributed by atoms with Crippen LogP contribution in [0.2, 0.25) is 0 Å². The molecule has 0 atom stereocenters. The molecule has 1 aliphatic rings. The molecule has 140 valence electrons. The van der Waals surface area contributed by atoms with E-state index in [9.17, 15) is 14.9 Å². The highest BCUT2D eigenvalue weighted by molar-refractivity contribution is 7.98. The van der Waals surface area contributed by atoms with Gasteiger partial charge in [-0.15, -0.1) is 11.8 Å². The molecule has 0 unspecified atom stereocenters. The molecule has 3 heterocycles. The highest BCUT2D eigenvalue weighted by Crippen LogP contribution is 2.33. The van der Waals surface area contributed by atoms with Crippen LogP contribution in [0.25, 0.3) is 5.52 Å². The van der Waals surface area contributed by atoms with Gasteiger partial charge >= 0.3 is 5.97 Å². The van der Waals surface area contributed by atoms with Crippen LogP contribution >= 0.6 is 11.8 Å². The molecule has 7 nitrogen and oxygen atoms in total. The van der Waals surface area contributed by atoms with Crippen LogP contribution < -0.4 is 15.0 Å². The quantitative estimate of drug-likeness (QED) is 0.496. The molecule has 28 heavy (non-hydrogen) atoms. The lowest BCUT2D eigenvalue weighted by Crippen LogP contribution is -2.22. The largest absolute Gasteiger partial charge is 0.457 e. The van der Waals surface area contributed by atoms with Gasteiger partial charge in [-0.25, -0.2) is 4.79 Å². The summed E-state index contributed by atoms with van der Waals surface area (Å²) < 4.78 is 17.4. The molecule has 0 saturated carbocycles. The molecule has 1 aromatic carbocycles. The number of aromatic nitrogens is 1. The Morgan fingerprint density at radius 3 is 2.89 bits per heavy atom. The molecule has 0 fully saturated rings. The molecule has 0 N–H and O–H groups in total. The molecular weight excluding hydrogens is 380 g/mol. The SMILES string of the molecule is CSc1c(C#N)c(=O)n2ccccc2c1C(=O)OCc1ccc2c(c1)OCO2. The summed E-state index contributed by atoms with van der Waals surface area (Å²) in [7, 11) is 0. The van der Waals surface area contributed by atoms with Crippen molar-refractivity contribution in [3.8, 4) is 17.6 Å². The van der Waals surface area contributed by atoms with Gasteiger partial charge in [-0.05, 0) is 36.1 Å². The third kappa shape index (κ3) is 2.96. The van der Waals surface area contributed by atoms with Crippen molar-refractivity contribution in [1.82, 2.24) is 4.40 Å². The summed E-state index contributed by atoms with van der Waals surface area (Å²) in [6, 6.07) is 12.2. The zero-order valence-corrected chi connectivity index (χ0v) is 15.6. The third-order valence-electron chi connectivity index (χ3n) is 4.33. The third-order valence-corrected chi connectivity index (χ3v) is 5.15. The Labute approximate surface area is 164 Å². The number of nitriles is 1. The maximum Gasteiger partial charge on any atom is 0.341 e.